The highest BCUT2D eigenvalue weighted by molar-refractivity contribution is 7.07. The van der Waals surface area contributed by atoms with Gasteiger partial charge in [-0.1, -0.05) is 4.49 Å². The van der Waals surface area contributed by atoms with Crippen LogP contribution in [0.5, 0.6) is 0 Å². The van der Waals surface area contributed by atoms with Crippen molar-refractivity contribution in [3.05, 3.63) is 64.4 Å². The van der Waals surface area contributed by atoms with E-state index in [0.29, 0.717) is 66.7 Å². The standard InChI is InChI=1S/C27H32N8O3S/c1-19-24(39-32-31-19)27(38)35-13-4-12-33(15-16-35)23-7-6-20(26(37)34-11-3-9-28-10-14-34)17-22(23)30-25(36)21-5-2-8-29-18-21/h2,5-8,17-18,28H,3-4,9-16H2,1H3,(H,30,36). The Morgan fingerprint density at radius 2 is 1.77 bits per heavy atom. The van der Waals surface area contributed by atoms with Crippen LogP contribution in [0.2, 0.25) is 0 Å². The molecule has 2 aromatic heterocycles. The Balaban J connectivity index is 1.39. The second-order valence-corrected chi connectivity index (χ2v) is 10.4. The number of nitrogens with one attached hydrogen (secondary N) is 2. The third-order valence-electron chi connectivity index (χ3n) is 7.01. The zero-order valence-corrected chi connectivity index (χ0v) is 22.7. The van der Waals surface area contributed by atoms with Crippen molar-refractivity contribution in [3.8, 4) is 0 Å². The molecule has 2 N–H and O–H groups in total. The molecule has 0 bridgehead atoms. The lowest BCUT2D eigenvalue weighted by Gasteiger charge is -2.27. The van der Waals surface area contributed by atoms with Crippen LogP contribution in [0.15, 0.2) is 42.7 Å². The van der Waals surface area contributed by atoms with Crippen LogP contribution >= 0.6 is 11.5 Å². The molecular formula is C27H32N8O3S. The summed E-state index contributed by atoms with van der Waals surface area (Å²) in [6, 6.07) is 8.91. The first-order chi connectivity index (χ1) is 19.0. The lowest BCUT2D eigenvalue weighted by atomic mass is 10.1. The first kappa shape index (κ1) is 26.7. The number of hydrogen-bond donors (Lipinski definition) is 2. The zero-order chi connectivity index (χ0) is 27.2. The molecule has 3 amide bonds. The first-order valence-corrected chi connectivity index (χ1v) is 14.0. The molecule has 4 heterocycles. The normalized spacial score (nSPS) is 16.4. The van der Waals surface area contributed by atoms with Gasteiger partial charge in [-0.05, 0) is 68.2 Å². The van der Waals surface area contributed by atoms with Gasteiger partial charge in [-0.2, -0.15) is 0 Å². The van der Waals surface area contributed by atoms with Gasteiger partial charge < -0.3 is 25.3 Å². The maximum absolute atomic E-state index is 13.4. The number of benzene rings is 1. The molecule has 0 radical (unpaired) electrons. The molecule has 0 unspecified atom stereocenters. The highest BCUT2D eigenvalue weighted by atomic mass is 32.1. The van der Waals surface area contributed by atoms with Gasteiger partial charge in [-0.25, -0.2) is 0 Å². The Labute approximate surface area is 231 Å². The Bertz CT molecular complexity index is 1320. The number of carbonyl (C=O) groups is 3. The summed E-state index contributed by atoms with van der Waals surface area (Å²) in [5, 5.41) is 10.3. The van der Waals surface area contributed by atoms with Crippen molar-refractivity contribution < 1.29 is 14.4 Å². The molecule has 39 heavy (non-hydrogen) atoms. The summed E-state index contributed by atoms with van der Waals surface area (Å²) >= 11 is 1.12. The van der Waals surface area contributed by atoms with Crippen molar-refractivity contribution >= 4 is 40.6 Å². The lowest BCUT2D eigenvalue weighted by Crippen LogP contribution is -2.35. The summed E-state index contributed by atoms with van der Waals surface area (Å²) in [6.07, 6.45) is 4.79. The summed E-state index contributed by atoms with van der Waals surface area (Å²) < 4.78 is 3.90. The van der Waals surface area contributed by atoms with Crippen molar-refractivity contribution in [2.45, 2.75) is 19.8 Å². The van der Waals surface area contributed by atoms with E-state index < -0.39 is 0 Å². The second kappa shape index (κ2) is 12.3. The molecule has 12 heteroatoms. The maximum atomic E-state index is 13.4. The average Bonchev–Trinajstić information content (AvgIpc) is 3.15. The Morgan fingerprint density at radius 3 is 2.56 bits per heavy atom. The smallest absolute Gasteiger partial charge is 0.267 e. The van der Waals surface area contributed by atoms with Crippen LogP contribution in [0.1, 0.15) is 48.9 Å². The number of hydrogen-bond acceptors (Lipinski definition) is 9. The number of rotatable bonds is 5. The maximum Gasteiger partial charge on any atom is 0.267 e. The number of aryl methyl sites for hydroxylation is 1. The number of nitrogens with zero attached hydrogens (tertiary/aromatic N) is 6. The summed E-state index contributed by atoms with van der Waals surface area (Å²) in [5.74, 6) is -0.404. The van der Waals surface area contributed by atoms with E-state index in [9.17, 15) is 14.4 Å². The Morgan fingerprint density at radius 1 is 0.923 bits per heavy atom. The highest BCUT2D eigenvalue weighted by Gasteiger charge is 2.26. The fourth-order valence-corrected chi connectivity index (χ4v) is 5.53. The predicted octanol–water partition coefficient (Wildman–Crippen LogP) is 2.28. The molecule has 2 aliphatic heterocycles. The number of pyridine rings is 1. The minimum atomic E-state index is -0.298. The van der Waals surface area contributed by atoms with Gasteiger partial charge in [-0.15, -0.1) is 5.10 Å². The average molecular weight is 549 g/mol. The summed E-state index contributed by atoms with van der Waals surface area (Å²) in [4.78, 5) is 50.0. The van der Waals surface area contributed by atoms with E-state index in [1.807, 2.05) is 21.9 Å². The molecule has 2 fully saturated rings. The van der Waals surface area contributed by atoms with Crippen molar-refractivity contribution in [1.82, 2.24) is 29.7 Å². The van der Waals surface area contributed by atoms with Gasteiger partial charge in [0.25, 0.3) is 17.7 Å². The van der Waals surface area contributed by atoms with Gasteiger partial charge in [0.1, 0.15) is 4.88 Å². The van der Waals surface area contributed by atoms with Gasteiger partial charge in [-0.3, -0.25) is 19.4 Å². The molecule has 0 saturated carbocycles. The third-order valence-corrected chi connectivity index (χ3v) is 7.83. The lowest BCUT2D eigenvalue weighted by molar-refractivity contribution is 0.0760. The molecule has 204 valence electrons. The minimum absolute atomic E-state index is 0.0525. The van der Waals surface area contributed by atoms with Gasteiger partial charge in [0.2, 0.25) is 0 Å². The third kappa shape index (κ3) is 6.23. The summed E-state index contributed by atoms with van der Waals surface area (Å²) in [7, 11) is 0. The van der Waals surface area contributed by atoms with E-state index in [1.165, 1.54) is 6.20 Å². The SMILES string of the molecule is Cc1nnsc1C(=O)N1CCCN(c2ccc(C(=O)N3CCCNCC3)cc2NC(=O)c2cccnc2)CC1. The number of anilines is 2. The van der Waals surface area contributed by atoms with E-state index in [2.05, 4.69) is 30.1 Å². The highest BCUT2D eigenvalue weighted by Crippen LogP contribution is 2.30. The molecule has 5 rings (SSSR count). The molecule has 2 saturated heterocycles. The quantitative estimate of drug-likeness (QED) is 0.498. The van der Waals surface area contributed by atoms with Gasteiger partial charge in [0.05, 0.1) is 22.6 Å². The molecular weight excluding hydrogens is 516 g/mol. The van der Waals surface area contributed by atoms with Crippen LogP contribution in [-0.2, 0) is 0 Å². The predicted molar refractivity (Wildman–Crippen MR) is 149 cm³/mol. The van der Waals surface area contributed by atoms with E-state index in [1.54, 1.807) is 31.3 Å². The van der Waals surface area contributed by atoms with Crippen LogP contribution in [0.25, 0.3) is 0 Å². The fraction of sp³-hybridized carbons (Fsp3) is 0.407. The number of amides is 3. The largest absolute Gasteiger partial charge is 0.368 e. The number of aromatic nitrogens is 3. The van der Waals surface area contributed by atoms with Crippen molar-refractivity contribution in [3.63, 3.8) is 0 Å². The minimum Gasteiger partial charge on any atom is -0.368 e. The van der Waals surface area contributed by atoms with Crippen molar-refractivity contribution in [1.29, 1.82) is 0 Å². The molecule has 0 aliphatic carbocycles. The zero-order valence-electron chi connectivity index (χ0n) is 21.9. The van der Waals surface area contributed by atoms with Crippen molar-refractivity contribution in [2.24, 2.45) is 0 Å². The van der Waals surface area contributed by atoms with Crippen molar-refractivity contribution in [2.75, 3.05) is 62.6 Å². The first-order valence-electron chi connectivity index (χ1n) is 13.2. The van der Waals surface area contributed by atoms with Crippen LogP contribution in [0, 0.1) is 6.92 Å². The molecule has 1 aromatic carbocycles. The van der Waals surface area contributed by atoms with Gasteiger partial charge in [0, 0.05) is 63.8 Å². The summed E-state index contributed by atoms with van der Waals surface area (Å²) in [6.45, 7) is 7.19. The molecule has 3 aromatic rings. The van der Waals surface area contributed by atoms with Crippen LogP contribution < -0.4 is 15.5 Å². The summed E-state index contributed by atoms with van der Waals surface area (Å²) in [5.41, 5.74) is 2.98. The molecule has 0 atom stereocenters. The van der Waals surface area contributed by atoms with Crippen LogP contribution in [0.3, 0.4) is 0 Å². The Hall–Kier alpha value is -3.90. The van der Waals surface area contributed by atoms with Gasteiger partial charge >= 0.3 is 0 Å². The molecule has 2 aliphatic rings. The number of carbonyl (C=O) groups excluding carboxylic acids is 3. The van der Waals surface area contributed by atoms with Crippen LogP contribution in [-0.4, -0.2) is 94.5 Å². The fourth-order valence-electron chi connectivity index (χ4n) is 4.90. The Kier molecular flexibility index (Phi) is 8.42. The van der Waals surface area contributed by atoms with Gasteiger partial charge in [0.15, 0.2) is 0 Å². The van der Waals surface area contributed by atoms with Crippen LogP contribution in [0.4, 0.5) is 11.4 Å². The topological polar surface area (TPSA) is 124 Å². The van der Waals surface area contributed by atoms with E-state index in [0.717, 1.165) is 43.2 Å². The molecule has 11 nitrogen and oxygen atoms in total. The monoisotopic (exact) mass is 548 g/mol. The van der Waals surface area contributed by atoms with E-state index in [4.69, 9.17) is 0 Å². The second-order valence-electron chi connectivity index (χ2n) is 9.64. The van der Waals surface area contributed by atoms with E-state index in [-0.39, 0.29) is 17.7 Å². The van der Waals surface area contributed by atoms with E-state index >= 15 is 0 Å². The molecule has 0 spiro atoms.